The van der Waals surface area contributed by atoms with E-state index in [1.807, 2.05) is 45.9 Å². The van der Waals surface area contributed by atoms with Crippen LogP contribution in [0.4, 0.5) is 5.69 Å². The summed E-state index contributed by atoms with van der Waals surface area (Å²) in [6, 6.07) is 9.19. The normalized spacial score (nSPS) is 15.3. The zero-order valence-corrected chi connectivity index (χ0v) is 20.1. The maximum Gasteiger partial charge on any atom is 0.270 e. The van der Waals surface area contributed by atoms with Crippen molar-refractivity contribution in [3.05, 3.63) is 57.1 Å². The third-order valence-corrected chi connectivity index (χ3v) is 5.50. The molecule has 2 aromatic rings. The smallest absolute Gasteiger partial charge is 0.270 e. The number of carbonyl (C=O) groups excluding carboxylic acids is 2. The molecule has 6 nitrogen and oxygen atoms in total. The van der Waals surface area contributed by atoms with Crippen LogP contribution in [0.25, 0.3) is 6.08 Å². The van der Waals surface area contributed by atoms with Crippen molar-refractivity contribution in [1.82, 2.24) is 5.32 Å². The minimum Gasteiger partial charge on any atom is -0.490 e. The first-order chi connectivity index (χ1) is 14.8. The summed E-state index contributed by atoms with van der Waals surface area (Å²) in [4.78, 5) is 27.3. The maximum absolute atomic E-state index is 13.3. The molecule has 1 fully saturated rings. The molecule has 2 amide bonds. The van der Waals surface area contributed by atoms with Gasteiger partial charge in [0.1, 0.15) is 5.57 Å². The molecule has 0 aromatic heterocycles. The maximum atomic E-state index is 13.3. The zero-order valence-electron chi connectivity index (χ0n) is 17.7. The molecule has 3 rings (SSSR count). The molecule has 1 aliphatic rings. The van der Waals surface area contributed by atoms with Crippen molar-refractivity contribution < 1.29 is 19.1 Å². The monoisotopic (exact) mass is 502 g/mol. The van der Waals surface area contributed by atoms with Gasteiger partial charge in [0.2, 0.25) is 0 Å². The van der Waals surface area contributed by atoms with Gasteiger partial charge in [-0.15, -0.1) is 0 Å². The lowest BCUT2D eigenvalue weighted by molar-refractivity contribution is -0.122. The Labute approximate surface area is 195 Å². The third-order valence-electron chi connectivity index (χ3n) is 4.63. The van der Waals surface area contributed by atoms with Gasteiger partial charge in [-0.3, -0.25) is 19.8 Å². The van der Waals surface area contributed by atoms with Crippen molar-refractivity contribution in [2.75, 3.05) is 18.1 Å². The van der Waals surface area contributed by atoms with Gasteiger partial charge in [-0.1, -0.05) is 17.7 Å². The van der Waals surface area contributed by atoms with Gasteiger partial charge in [-0.05, 0) is 91.2 Å². The summed E-state index contributed by atoms with van der Waals surface area (Å²) in [5.74, 6) is 0.0719. The average Bonchev–Trinajstić information content (AvgIpc) is 2.69. The van der Waals surface area contributed by atoms with Crippen molar-refractivity contribution in [3.8, 4) is 11.5 Å². The van der Waals surface area contributed by atoms with Gasteiger partial charge in [0.15, 0.2) is 16.6 Å². The molecule has 8 heteroatoms. The molecule has 0 bridgehead atoms. The number of aryl methyl sites for hydroxylation is 2. The first kappa shape index (κ1) is 23.0. The topological polar surface area (TPSA) is 67.9 Å². The largest absolute Gasteiger partial charge is 0.490 e. The number of halogens is 1. The molecule has 0 atom stereocenters. The molecule has 31 heavy (non-hydrogen) atoms. The van der Waals surface area contributed by atoms with Crippen LogP contribution < -0.4 is 19.7 Å². The van der Waals surface area contributed by atoms with Gasteiger partial charge in [-0.25, -0.2) is 0 Å². The van der Waals surface area contributed by atoms with E-state index in [1.165, 1.54) is 11.0 Å². The number of benzene rings is 2. The van der Waals surface area contributed by atoms with E-state index in [0.29, 0.717) is 40.4 Å². The first-order valence-electron chi connectivity index (χ1n) is 9.84. The predicted molar refractivity (Wildman–Crippen MR) is 129 cm³/mol. The summed E-state index contributed by atoms with van der Waals surface area (Å²) in [5, 5.41) is 2.68. The summed E-state index contributed by atoms with van der Waals surface area (Å²) >= 11 is 8.78. The Morgan fingerprint density at radius 2 is 1.81 bits per heavy atom. The van der Waals surface area contributed by atoms with Crippen LogP contribution in [-0.4, -0.2) is 30.1 Å². The van der Waals surface area contributed by atoms with Gasteiger partial charge in [0.25, 0.3) is 11.8 Å². The van der Waals surface area contributed by atoms with E-state index in [0.717, 1.165) is 11.1 Å². The highest BCUT2D eigenvalue weighted by atomic mass is 79.9. The number of hydrogen-bond donors (Lipinski definition) is 1. The van der Waals surface area contributed by atoms with Crippen LogP contribution in [0.1, 0.15) is 30.5 Å². The van der Waals surface area contributed by atoms with Gasteiger partial charge in [0.05, 0.1) is 23.4 Å². The van der Waals surface area contributed by atoms with Gasteiger partial charge >= 0.3 is 0 Å². The number of anilines is 1. The van der Waals surface area contributed by atoms with E-state index in [1.54, 1.807) is 12.1 Å². The Balaban J connectivity index is 2.06. The Hall–Kier alpha value is -2.71. The van der Waals surface area contributed by atoms with Crippen molar-refractivity contribution in [2.24, 2.45) is 0 Å². The van der Waals surface area contributed by atoms with E-state index in [9.17, 15) is 9.59 Å². The number of ether oxygens (including phenoxy) is 2. The van der Waals surface area contributed by atoms with E-state index in [4.69, 9.17) is 21.7 Å². The van der Waals surface area contributed by atoms with Crippen LogP contribution >= 0.6 is 28.1 Å². The van der Waals surface area contributed by atoms with Crippen molar-refractivity contribution in [3.63, 3.8) is 0 Å². The fourth-order valence-electron chi connectivity index (χ4n) is 3.32. The highest BCUT2D eigenvalue weighted by Crippen LogP contribution is 2.38. The standard InChI is InChI=1S/C23H23BrN2O4S/c1-5-29-19-12-15(11-17(24)20(19)30-6-2)10-16-21(27)25-23(31)26(22(16)28)18-8-7-13(3)9-14(18)4/h7-12H,5-6H2,1-4H3,(H,25,27,31)/b16-10+. The van der Waals surface area contributed by atoms with Crippen molar-refractivity contribution in [2.45, 2.75) is 27.7 Å². The molecule has 0 spiro atoms. The summed E-state index contributed by atoms with van der Waals surface area (Å²) in [5.41, 5.74) is 3.18. The van der Waals surface area contributed by atoms with Crippen LogP contribution in [0.5, 0.6) is 11.5 Å². The fourth-order valence-corrected chi connectivity index (χ4v) is 4.17. The molecule has 1 saturated heterocycles. The molecule has 1 N–H and O–H groups in total. The van der Waals surface area contributed by atoms with Crippen LogP contribution in [0, 0.1) is 13.8 Å². The van der Waals surface area contributed by atoms with Crippen LogP contribution in [-0.2, 0) is 9.59 Å². The predicted octanol–water partition coefficient (Wildman–Crippen LogP) is 4.69. The molecule has 1 heterocycles. The van der Waals surface area contributed by atoms with E-state index in [-0.39, 0.29) is 10.7 Å². The average molecular weight is 503 g/mol. The Morgan fingerprint density at radius 1 is 1.10 bits per heavy atom. The van der Waals surface area contributed by atoms with Gasteiger partial charge in [0, 0.05) is 0 Å². The van der Waals surface area contributed by atoms with Crippen molar-refractivity contribution >= 4 is 56.8 Å². The summed E-state index contributed by atoms with van der Waals surface area (Å²) < 4.78 is 12.0. The Morgan fingerprint density at radius 3 is 2.45 bits per heavy atom. The Bertz CT molecular complexity index is 1100. The number of carbonyl (C=O) groups is 2. The molecule has 0 aliphatic carbocycles. The van der Waals surface area contributed by atoms with E-state index in [2.05, 4.69) is 21.2 Å². The van der Waals surface area contributed by atoms with Gasteiger partial charge < -0.3 is 9.47 Å². The lowest BCUT2D eigenvalue weighted by Gasteiger charge is -2.30. The quantitative estimate of drug-likeness (QED) is 0.352. The Kier molecular flexibility index (Phi) is 7.12. The van der Waals surface area contributed by atoms with Crippen LogP contribution in [0.3, 0.4) is 0 Å². The first-order valence-corrected chi connectivity index (χ1v) is 11.0. The van der Waals surface area contributed by atoms with Crippen LogP contribution in [0.15, 0.2) is 40.4 Å². The van der Waals surface area contributed by atoms with E-state index < -0.39 is 11.8 Å². The van der Waals surface area contributed by atoms with E-state index >= 15 is 0 Å². The number of amides is 2. The summed E-state index contributed by atoms with van der Waals surface area (Å²) in [7, 11) is 0. The molecule has 0 radical (unpaired) electrons. The number of thiocarbonyl (C=S) groups is 1. The number of rotatable bonds is 6. The number of nitrogens with zero attached hydrogens (tertiary/aromatic N) is 1. The highest BCUT2D eigenvalue weighted by Gasteiger charge is 2.35. The second kappa shape index (κ2) is 9.62. The molecular formula is C23H23BrN2O4S. The fraction of sp³-hybridized carbons (Fsp3) is 0.261. The number of nitrogens with one attached hydrogen (secondary N) is 1. The second-order valence-corrected chi connectivity index (χ2v) is 8.18. The molecule has 1 aliphatic heterocycles. The second-order valence-electron chi connectivity index (χ2n) is 6.94. The molecule has 162 valence electrons. The molecule has 0 saturated carbocycles. The highest BCUT2D eigenvalue weighted by molar-refractivity contribution is 9.10. The lowest BCUT2D eigenvalue weighted by atomic mass is 10.0. The molecule has 0 unspecified atom stereocenters. The van der Waals surface area contributed by atoms with Gasteiger partial charge in [-0.2, -0.15) is 0 Å². The summed E-state index contributed by atoms with van der Waals surface area (Å²) in [6.45, 7) is 8.54. The van der Waals surface area contributed by atoms with Crippen molar-refractivity contribution in [1.29, 1.82) is 0 Å². The summed E-state index contributed by atoms with van der Waals surface area (Å²) in [6.07, 6.45) is 1.53. The lowest BCUT2D eigenvalue weighted by Crippen LogP contribution is -2.54. The number of hydrogen-bond acceptors (Lipinski definition) is 5. The third kappa shape index (κ3) is 4.80. The zero-order chi connectivity index (χ0) is 22.7. The minimum atomic E-state index is -0.543. The van der Waals surface area contributed by atoms with Crippen LogP contribution in [0.2, 0.25) is 0 Å². The minimum absolute atomic E-state index is 0.0212. The SMILES string of the molecule is CCOc1cc(/C=C2\C(=O)NC(=S)N(c3ccc(C)cc3C)C2=O)cc(Br)c1OCC. The molecule has 2 aromatic carbocycles. The molecular weight excluding hydrogens is 480 g/mol.